The molecule has 3 nitrogen and oxygen atoms in total. The number of alkyl halides is 3. The molecule has 2 aromatic carbocycles. The number of thiazole rings is 1. The normalized spacial score (nSPS) is 11.6. The number of nitrogens with zero attached hydrogens (tertiary/aromatic N) is 1. The number of nitrogens with two attached hydrogens (primary N) is 1. The fourth-order valence-electron chi connectivity index (χ4n) is 2.34. The van der Waals surface area contributed by atoms with Gasteiger partial charge in [-0.15, -0.1) is 0 Å². The highest BCUT2D eigenvalue weighted by atomic mass is 35.5. The molecule has 0 amide bonds. The molecule has 0 atom stereocenters. The van der Waals surface area contributed by atoms with Crippen LogP contribution in [0.15, 0.2) is 42.5 Å². The number of nitrogen functional groups attached to an aromatic ring is 1. The van der Waals surface area contributed by atoms with Crippen molar-refractivity contribution >= 4 is 45.5 Å². The molecule has 3 rings (SSSR count). The van der Waals surface area contributed by atoms with E-state index in [2.05, 4.69) is 4.98 Å². The molecule has 0 aliphatic heterocycles. The summed E-state index contributed by atoms with van der Waals surface area (Å²) < 4.78 is 39.2. The average Bonchev–Trinajstić information content (AvgIpc) is 2.95. The van der Waals surface area contributed by atoms with Gasteiger partial charge in [0, 0.05) is 16.1 Å². The molecule has 0 aliphatic rings. The number of ketones is 1. The molecule has 0 aliphatic carbocycles. The van der Waals surface area contributed by atoms with Crippen LogP contribution in [0.1, 0.15) is 20.8 Å². The largest absolute Gasteiger partial charge is 0.416 e. The molecule has 1 heterocycles. The summed E-state index contributed by atoms with van der Waals surface area (Å²) in [4.78, 5) is 16.9. The van der Waals surface area contributed by atoms with Gasteiger partial charge in [0.15, 0.2) is 5.13 Å². The molecule has 0 bridgehead atoms. The molecule has 0 saturated carbocycles. The summed E-state index contributed by atoms with van der Waals surface area (Å²) in [6.07, 6.45) is -4.59. The molecule has 3 aromatic rings. The molecule has 0 spiro atoms. The van der Waals surface area contributed by atoms with Crippen LogP contribution in [0.5, 0.6) is 0 Å². The predicted molar refractivity (Wildman–Crippen MR) is 96.9 cm³/mol. The van der Waals surface area contributed by atoms with Gasteiger partial charge in [-0.05, 0) is 30.3 Å². The lowest BCUT2D eigenvalue weighted by Crippen LogP contribution is -2.06. The molecule has 2 N–H and O–H groups in total. The molecule has 0 saturated heterocycles. The summed E-state index contributed by atoms with van der Waals surface area (Å²) in [7, 11) is 0. The Morgan fingerprint density at radius 1 is 1.12 bits per heavy atom. The first-order valence-corrected chi connectivity index (χ1v) is 8.67. The summed E-state index contributed by atoms with van der Waals surface area (Å²) in [5.41, 5.74) is 5.05. The zero-order chi connectivity index (χ0) is 19.1. The van der Waals surface area contributed by atoms with Crippen molar-refractivity contribution in [1.29, 1.82) is 0 Å². The van der Waals surface area contributed by atoms with Crippen molar-refractivity contribution < 1.29 is 18.0 Å². The first-order chi connectivity index (χ1) is 12.2. The van der Waals surface area contributed by atoms with Gasteiger partial charge in [0.2, 0.25) is 5.78 Å². The molecule has 134 valence electrons. The number of anilines is 1. The van der Waals surface area contributed by atoms with Crippen LogP contribution in [0.4, 0.5) is 18.3 Å². The Balaban J connectivity index is 2.16. The van der Waals surface area contributed by atoms with Crippen molar-refractivity contribution in [2.45, 2.75) is 6.18 Å². The van der Waals surface area contributed by atoms with Crippen LogP contribution in [0.25, 0.3) is 11.3 Å². The summed E-state index contributed by atoms with van der Waals surface area (Å²) in [6, 6.07) is 9.33. The topological polar surface area (TPSA) is 56.0 Å². The summed E-state index contributed by atoms with van der Waals surface area (Å²) in [5, 5.41) is 0.138. The molecular formula is C17H9Cl2F3N2OS. The summed E-state index contributed by atoms with van der Waals surface area (Å²) in [5.74, 6) is -0.478. The molecule has 1 aromatic heterocycles. The van der Waals surface area contributed by atoms with E-state index in [9.17, 15) is 18.0 Å². The van der Waals surface area contributed by atoms with Crippen molar-refractivity contribution in [2.75, 3.05) is 5.73 Å². The second-order valence-electron chi connectivity index (χ2n) is 5.27. The second-order valence-corrected chi connectivity index (χ2v) is 7.14. The van der Waals surface area contributed by atoms with Gasteiger partial charge in [-0.25, -0.2) is 4.98 Å². The predicted octanol–water partition coefficient (Wildman–Crippen LogP) is 5.95. The van der Waals surface area contributed by atoms with Gasteiger partial charge in [0.25, 0.3) is 0 Å². The van der Waals surface area contributed by atoms with Gasteiger partial charge in [-0.2, -0.15) is 13.2 Å². The highest BCUT2D eigenvalue weighted by Gasteiger charge is 2.32. The van der Waals surface area contributed by atoms with Crippen LogP contribution in [0.2, 0.25) is 10.0 Å². The fraction of sp³-hybridized carbons (Fsp3) is 0.0588. The van der Waals surface area contributed by atoms with E-state index >= 15 is 0 Å². The van der Waals surface area contributed by atoms with Crippen molar-refractivity contribution in [1.82, 2.24) is 4.98 Å². The Morgan fingerprint density at radius 3 is 2.46 bits per heavy atom. The van der Waals surface area contributed by atoms with Crippen LogP contribution in [-0.2, 0) is 6.18 Å². The van der Waals surface area contributed by atoms with Crippen LogP contribution in [-0.4, -0.2) is 10.8 Å². The Hall–Kier alpha value is -2.09. The molecular weight excluding hydrogens is 408 g/mol. The zero-order valence-electron chi connectivity index (χ0n) is 12.8. The first kappa shape index (κ1) is 18.7. The minimum atomic E-state index is -4.59. The van der Waals surface area contributed by atoms with Gasteiger partial charge in [0.1, 0.15) is 4.88 Å². The number of benzene rings is 2. The number of halogens is 5. The summed E-state index contributed by atoms with van der Waals surface area (Å²) in [6.45, 7) is 0. The van der Waals surface area contributed by atoms with Crippen molar-refractivity contribution in [3.8, 4) is 11.3 Å². The van der Waals surface area contributed by atoms with E-state index in [1.165, 1.54) is 12.1 Å². The fourth-order valence-corrected chi connectivity index (χ4v) is 3.61. The number of hydrogen-bond acceptors (Lipinski definition) is 4. The third kappa shape index (κ3) is 3.70. The number of rotatable bonds is 3. The standard InChI is InChI=1S/C17H9Cl2F3N2OS/c18-10-6-8(5-9(7-10)17(20,21)22)13-15(26-16(23)24-13)14(25)11-3-1-2-4-12(11)19/h1-7H,(H2,23,24). The van der Waals surface area contributed by atoms with Gasteiger partial charge >= 0.3 is 6.18 Å². The van der Waals surface area contributed by atoms with Gasteiger partial charge in [-0.1, -0.05) is 46.7 Å². The van der Waals surface area contributed by atoms with Crippen LogP contribution in [0.3, 0.4) is 0 Å². The van der Waals surface area contributed by atoms with E-state index < -0.39 is 17.5 Å². The SMILES string of the molecule is Nc1nc(-c2cc(Cl)cc(C(F)(F)F)c2)c(C(=O)c2ccccc2Cl)s1. The highest BCUT2D eigenvalue weighted by Crippen LogP contribution is 2.38. The van der Waals surface area contributed by atoms with Crippen LogP contribution in [0, 0.1) is 0 Å². The maximum Gasteiger partial charge on any atom is 0.416 e. The Kier molecular flexibility index (Phi) is 4.96. The minimum absolute atomic E-state index is 0.0328. The third-order valence-corrected chi connectivity index (χ3v) is 4.90. The van der Waals surface area contributed by atoms with Gasteiger partial charge in [0.05, 0.1) is 16.3 Å². The summed E-state index contributed by atoms with van der Waals surface area (Å²) >= 11 is 12.7. The number of carbonyl (C=O) groups is 1. The third-order valence-electron chi connectivity index (χ3n) is 3.47. The first-order valence-electron chi connectivity index (χ1n) is 7.10. The lowest BCUT2D eigenvalue weighted by atomic mass is 10.0. The smallest absolute Gasteiger partial charge is 0.375 e. The van der Waals surface area contributed by atoms with E-state index in [0.717, 1.165) is 23.5 Å². The quantitative estimate of drug-likeness (QED) is 0.536. The van der Waals surface area contributed by atoms with Gasteiger partial charge < -0.3 is 5.73 Å². The number of aromatic nitrogens is 1. The monoisotopic (exact) mass is 416 g/mol. The van der Waals surface area contributed by atoms with E-state index in [1.54, 1.807) is 18.2 Å². The Bertz CT molecular complexity index is 1000. The minimum Gasteiger partial charge on any atom is -0.375 e. The maximum atomic E-state index is 13.1. The number of carbonyl (C=O) groups excluding carboxylic acids is 1. The van der Waals surface area contributed by atoms with E-state index in [4.69, 9.17) is 28.9 Å². The molecule has 0 unspecified atom stereocenters. The molecule has 0 radical (unpaired) electrons. The lowest BCUT2D eigenvalue weighted by Gasteiger charge is -2.10. The Labute approximate surface area is 160 Å². The average molecular weight is 417 g/mol. The molecule has 9 heteroatoms. The Morgan fingerprint density at radius 2 is 1.81 bits per heavy atom. The van der Waals surface area contributed by atoms with Crippen molar-refractivity contribution in [3.05, 3.63) is 68.5 Å². The van der Waals surface area contributed by atoms with Crippen molar-refractivity contribution in [3.63, 3.8) is 0 Å². The van der Waals surface area contributed by atoms with E-state index in [-0.39, 0.29) is 36.9 Å². The van der Waals surface area contributed by atoms with E-state index in [1.807, 2.05) is 0 Å². The second kappa shape index (κ2) is 6.90. The van der Waals surface area contributed by atoms with Crippen LogP contribution >= 0.6 is 34.5 Å². The number of hydrogen-bond donors (Lipinski definition) is 1. The van der Waals surface area contributed by atoms with Gasteiger partial charge in [-0.3, -0.25) is 4.79 Å². The maximum absolute atomic E-state index is 13.1. The molecule has 0 fully saturated rings. The molecule has 26 heavy (non-hydrogen) atoms. The highest BCUT2D eigenvalue weighted by molar-refractivity contribution is 7.18. The zero-order valence-corrected chi connectivity index (χ0v) is 15.1. The van der Waals surface area contributed by atoms with Crippen molar-refractivity contribution in [2.24, 2.45) is 0 Å². The lowest BCUT2D eigenvalue weighted by molar-refractivity contribution is -0.137. The van der Waals surface area contributed by atoms with Crippen LogP contribution < -0.4 is 5.73 Å². The van der Waals surface area contributed by atoms with E-state index in [0.29, 0.717) is 0 Å².